The van der Waals surface area contributed by atoms with Crippen molar-refractivity contribution in [2.75, 3.05) is 7.11 Å². The van der Waals surface area contributed by atoms with Crippen LogP contribution in [0.25, 0.3) is 22.5 Å². The van der Waals surface area contributed by atoms with E-state index < -0.39 is 0 Å². The summed E-state index contributed by atoms with van der Waals surface area (Å²) in [6.07, 6.45) is 3.14. The number of ether oxygens (including phenoxy) is 2. The summed E-state index contributed by atoms with van der Waals surface area (Å²) in [5, 5.41) is 0.621. The Bertz CT molecular complexity index is 1560. The number of halogens is 1. The number of fused-ring (bicyclic) bond motifs is 1. The summed E-state index contributed by atoms with van der Waals surface area (Å²) < 4.78 is 18.5. The van der Waals surface area contributed by atoms with Crippen LogP contribution >= 0.6 is 11.6 Å². The van der Waals surface area contributed by atoms with Gasteiger partial charge in [-0.15, -0.1) is 0 Å². The zero-order chi connectivity index (χ0) is 25.2. The summed E-state index contributed by atoms with van der Waals surface area (Å²) in [5.74, 6) is 1.69. The third-order valence-corrected chi connectivity index (χ3v) is 6.44. The first-order valence-corrected chi connectivity index (χ1v) is 11.8. The maximum Gasteiger partial charge on any atom is 0.338 e. The molecule has 0 amide bonds. The number of oxazole rings is 1. The van der Waals surface area contributed by atoms with Crippen molar-refractivity contribution in [3.05, 3.63) is 100 Å². The number of hydrogen-bond acceptors (Lipinski definition) is 6. The third kappa shape index (κ3) is 4.57. The van der Waals surface area contributed by atoms with Crippen LogP contribution in [-0.4, -0.2) is 27.6 Å². The molecule has 7 nitrogen and oxygen atoms in total. The van der Waals surface area contributed by atoms with Crippen LogP contribution in [0.4, 0.5) is 0 Å². The number of aromatic nitrogens is 3. The molecule has 182 valence electrons. The number of benzene rings is 3. The number of hydrogen-bond donors (Lipinski definition) is 0. The van der Waals surface area contributed by atoms with E-state index in [-0.39, 0.29) is 12.6 Å². The Morgan fingerprint density at radius 3 is 2.67 bits per heavy atom. The number of aryl methyl sites for hydroxylation is 2. The zero-order valence-corrected chi connectivity index (χ0v) is 20.9. The molecule has 0 aliphatic carbocycles. The molecule has 0 radical (unpaired) electrons. The monoisotopic (exact) mass is 501 g/mol. The van der Waals surface area contributed by atoms with Gasteiger partial charge in [-0.1, -0.05) is 35.9 Å². The van der Waals surface area contributed by atoms with Gasteiger partial charge in [0, 0.05) is 22.2 Å². The molecule has 5 aromatic rings. The molecular weight excluding hydrogens is 478 g/mol. The summed E-state index contributed by atoms with van der Waals surface area (Å²) in [5.41, 5.74) is 5.85. The molecule has 0 aliphatic rings. The molecule has 3 aromatic carbocycles. The van der Waals surface area contributed by atoms with Crippen LogP contribution in [0.1, 0.15) is 32.9 Å². The molecule has 36 heavy (non-hydrogen) atoms. The van der Waals surface area contributed by atoms with Crippen molar-refractivity contribution in [3.63, 3.8) is 0 Å². The fourth-order valence-electron chi connectivity index (χ4n) is 4.22. The minimum Gasteiger partial charge on any atom is -0.489 e. The zero-order valence-electron chi connectivity index (χ0n) is 20.1. The van der Waals surface area contributed by atoms with E-state index in [0.717, 1.165) is 39.1 Å². The van der Waals surface area contributed by atoms with Gasteiger partial charge in [0.1, 0.15) is 24.4 Å². The molecular formula is C28H24ClN3O4. The van der Waals surface area contributed by atoms with Crippen molar-refractivity contribution < 1.29 is 18.7 Å². The minimum atomic E-state index is -0.389. The highest BCUT2D eigenvalue weighted by Crippen LogP contribution is 2.30. The Kier molecular flexibility index (Phi) is 6.48. The van der Waals surface area contributed by atoms with Crippen LogP contribution in [0, 0.1) is 13.8 Å². The molecule has 0 aliphatic heterocycles. The minimum absolute atomic E-state index is 0.234. The normalized spacial score (nSPS) is 11.1. The van der Waals surface area contributed by atoms with Crippen molar-refractivity contribution in [2.24, 2.45) is 0 Å². The van der Waals surface area contributed by atoms with E-state index in [1.54, 1.807) is 18.3 Å². The second-order valence-electron chi connectivity index (χ2n) is 8.43. The van der Waals surface area contributed by atoms with E-state index in [4.69, 9.17) is 30.5 Å². The van der Waals surface area contributed by atoms with Gasteiger partial charge >= 0.3 is 5.97 Å². The molecule has 0 spiro atoms. The Morgan fingerprint density at radius 1 is 1.08 bits per heavy atom. The summed E-state index contributed by atoms with van der Waals surface area (Å²) in [6, 6.07) is 17.0. The average molecular weight is 502 g/mol. The van der Waals surface area contributed by atoms with E-state index in [1.165, 1.54) is 13.4 Å². The summed E-state index contributed by atoms with van der Waals surface area (Å²) in [7, 11) is 1.37. The van der Waals surface area contributed by atoms with Crippen LogP contribution in [0.3, 0.4) is 0 Å². The standard InChI is InChI=1S/C28H24ClN3O4/c1-17-12-22(36-16-21-6-4-5-7-23(21)28(33)34-3)14-25-26(17)31-18(2)32(25)15-20-9-8-19(13-24(20)29)27-30-10-11-35-27/h4-14H,15-16H2,1-3H3. The largest absolute Gasteiger partial charge is 0.489 e. The number of carbonyl (C=O) groups excluding carboxylic acids is 1. The predicted octanol–water partition coefficient (Wildman–Crippen LogP) is 6.38. The second-order valence-corrected chi connectivity index (χ2v) is 8.84. The first-order chi connectivity index (χ1) is 17.4. The number of imidazole rings is 1. The van der Waals surface area contributed by atoms with Crippen molar-refractivity contribution in [1.82, 2.24) is 14.5 Å². The van der Waals surface area contributed by atoms with Crippen molar-refractivity contribution >= 4 is 28.6 Å². The van der Waals surface area contributed by atoms with Gasteiger partial charge in [-0.05, 0) is 49.2 Å². The van der Waals surface area contributed by atoms with E-state index in [2.05, 4.69) is 9.55 Å². The fourth-order valence-corrected chi connectivity index (χ4v) is 4.46. The molecule has 8 heteroatoms. The molecule has 0 saturated heterocycles. The van der Waals surface area contributed by atoms with Crippen LogP contribution in [0.2, 0.25) is 5.02 Å². The average Bonchev–Trinajstić information content (AvgIpc) is 3.53. The van der Waals surface area contributed by atoms with Gasteiger partial charge in [0.05, 0.1) is 36.4 Å². The predicted molar refractivity (Wildman–Crippen MR) is 137 cm³/mol. The van der Waals surface area contributed by atoms with Gasteiger partial charge in [0.15, 0.2) is 0 Å². The van der Waals surface area contributed by atoms with E-state index in [1.807, 2.05) is 56.3 Å². The Morgan fingerprint density at radius 2 is 1.92 bits per heavy atom. The van der Waals surface area contributed by atoms with Gasteiger partial charge in [-0.2, -0.15) is 0 Å². The SMILES string of the molecule is COC(=O)c1ccccc1COc1cc(C)c2nc(C)n(Cc3ccc(-c4ncco4)cc3Cl)c2c1. The maximum absolute atomic E-state index is 12.1. The van der Waals surface area contributed by atoms with Crippen molar-refractivity contribution in [1.29, 1.82) is 0 Å². The van der Waals surface area contributed by atoms with E-state index in [9.17, 15) is 4.79 Å². The number of methoxy groups -OCH3 is 1. The second kappa shape index (κ2) is 9.87. The molecule has 5 rings (SSSR count). The number of nitrogens with zero attached hydrogens (tertiary/aromatic N) is 3. The van der Waals surface area contributed by atoms with Gasteiger partial charge in [-0.25, -0.2) is 14.8 Å². The summed E-state index contributed by atoms with van der Waals surface area (Å²) >= 11 is 6.63. The lowest BCUT2D eigenvalue weighted by molar-refractivity contribution is 0.0597. The molecule has 0 atom stereocenters. The Balaban J connectivity index is 1.44. The van der Waals surface area contributed by atoms with Crippen molar-refractivity contribution in [3.8, 4) is 17.2 Å². The molecule has 0 unspecified atom stereocenters. The van der Waals surface area contributed by atoms with Crippen LogP contribution in [0.5, 0.6) is 5.75 Å². The van der Waals surface area contributed by atoms with Crippen molar-refractivity contribution in [2.45, 2.75) is 27.0 Å². The van der Waals surface area contributed by atoms with Gasteiger partial charge in [0.2, 0.25) is 5.89 Å². The lowest BCUT2D eigenvalue weighted by Gasteiger charge is -2.13. The third-order valence-electron chi connectivity index (χ3n) is 6.09. The van der Waals surface area contributed by atoms with Gasteiger partial charge in [0.25, 0.3) is 0 Å². The maximum atomic E-state index is 12.1. The first kappa shape index (κ1) is 23.6. The Labute approximate surface area is 213 Å². The molecule has 0 saturated carbocycles. The van der Waals surface area contributed by atoms with Crippen LogP contribution < -0.4 is 4.74 Å². The van der Waals surface area contributed by atoms with E-state index >= 15 is 0 Å². The topological polar surface area (TPSA) is 79.4 Å². The van der Waals surface area contributed by atoms with Gasteiger partial charge in [-0.3, -0.25) is 0 Å². The van der Waals surface area contributed by atoms with Gasteiger partial charge < -0.3 is 18.5 Å². The molecule has 0 fully saturated rings. The first-order valence-electron chi connectivity index (χ1n) is 11.4. The lowest BCUT2D eigenvalue weighted by atomic mass is 10.1. The smallest absolute Gasteiger partial charge is 0.338 e. The molecule has 2 heterocycles. The quantitative estimate of drug-likeness (QED) is 0.241. The number of esters is 1. The highest BCUT2D eigenvalue weighted by molar-refractivity contribution is 6.31. The Hall–Kier alpha value is -4.10. The highest BCUT2D eigenvalue weighted by atomic mass is 35.5. The molecule has 0 N–H and O–H groups in total. The lowest BCUT2D eigenvalue weighted by Crippen LogP contribution is -2.08. The molecule has 2 aromatic heterocycles. The fraction of sp³-hybridized carbons (Fsp3) is 0.179. The summed E-state index contributed by atoms with van der Waals surface area (Å²) in [4.78, 5) is 21.1. The summed E-state index contributed by atoms with van der Waals surface area (Å²) in [6.45, 7) is 4.76. The van der Waals surface area contributed by atoms with Crippen LogP contribution in [-0.2, 0) is 17.9 Å². The number of carbonyl (C=O) groups is 1. The van der Waals surface area contributed by atoms with E-state index in [0.29, 0.717) is 28.8 Å². The number of rotatable bonds is 7. The molecule has 0 bridgehead atoms. The highest BCUT2D eigenvalue weighted by Gasteiger charge is 2.16. The van der Waals surface area contributed by atoms with Crippen LogP contribution in [0.15, 0.2) is 71.5 Å².